The number of rotatable bonds is 8. The van der Waals surface area contributed by atoms with E-state index in [9.17, 15) is 18.4 Å². The molecule has 0 heterocycles. The summed E-state index contributed by atoms with van der Waals surface area (Å²) in [7, 11) is 2.73. The van der Waals surface area contributed by atoms with E-state index in [4.69, 9.17) is 14.2 Å². The van der Waals surface area contributed by atoms with E-state index in [0.717, 1.165) is 11.6 Å². The quantitative estimate of drug-likeness (QED) is 0.617. The van der Waals surface area contributed by atoms with E-state index in [1.54, 1.807) is 12.1 Å². The lowest BCUT2D eigenvalue weighted by atomic mass is 9.87. The SMILES string of the molecule is COc1ccc(C(C)(C)C)cc1NC(=O)COC(=O)c1ccc(OC(F)F)c(OC)c1. The van der Waals surface area contributed by atoms with E-state index in [0.29, 0.717) is 11.4 Å². The lowest BCUT2D eigenvalue weighted by molar-refractivity contribution is -0.119. The molecule has 0 aromatic heterocycles. The highest BCUT2D eigenvalue weighted by Gasteiger charge is 2.19. The Balaban J connectivity index is 2.05. The summed E-state index contributed by atoms with van der Waals surface area (Å²) in [5, 5.41) is 2.66. The molecule has 7 nitrogen and oxygen atoms in total. The highest BCUT2D eigenvalue weighted by Crippen LogP contribution is 2.32. The van der Waals surface area contributed by atoms with Crippen molar-refractivity contribution in [3.63, 3.8) is 0 Å². The van der Waals surface area contributed by atoms with Crippen LogP contribution in [0.25, 0.3) is 0 Å². The standard InChI is InChI=1S/C22H25F2NO6/c1-22(2,3)14-7-9-16(28-4)15(11-14)25-19(26)12-30-20(27)13-6-8-17(31-21(23)24)18(10-13)29-5/h6-11,21H,12H2,1-5H3,(H,25,26). The molecule has 31 heavy (non-hydrogen) atoms. The summed E-state index contributed by atoms with van der Waals surface area (Å²) in [6.45, 7) is 2.51. The van der Waals surface area contributed by atoms with Crippen LogP contribution < -0.4 is 19.5 Å². The molecule has 0 aliphatic carbocycles. The van der Waals surface area contributed by atoms with Crippen LogP contribution in [0.2, 0.25) is 0 Å². The Morgan fingerprint density at radius 2 is 1.61 bits per heavy atom. The third kappa shape index (κ3) is 6.56. The second-order valence-electron chi connectivity index (χ2n) is 7.53. The third-order valence-electron chi connectivity index (χ3n) is 4.29. The van der Waals surface area contributed by atoms with Gasteiger partial charge in [0.15, 0.2) is 18.1 Å². The zero-order valence-corrected chi connectivity index (χ0v) is 18.0. The summed E-state index contributed by atoms with van der Waals surface area (Å²) >= 11 is 0. The largest absolute Gasteiger partial charge is 0.495 e. The Morgan fingerprint density at radius 3 is 2.19 bits per heavy atom. The maximum atomic E-state index is 12.4. The van der Waals surface area contributed by atoms with Crippen molar-refractivity contribution in [2.45, 2.75) is 32.8 Å². The van der Waals surface area contributed by atoms with Gasteiger partial charge in [0.05, 0.1) is 25.5 Å². The van der Waals surface area contributed by atoms with E-state index in [-0.39, 0.29) is 22.5 Å². The molecule has 1 amide bonds. The number of carbonyl (C=O) groups excluding carboxylic acids is 2. The van der Waals surface area contributed by atoms with Crippen molar-refractivity contribution in [1.82, 2.24) is 0 Å². The second kappa shape index (κ2) is 10.1. The molecule has 1 N–H and O–H groups in total. The number of halogens is 2. The third-order valence-corrected chi connectivity index (χ3v) is 4.29. The van der Waals surface area contributed by atoms with Gasteiger partial charge < -0.3 is 24.3 Å². The van der Waals surface area contributed by atoms with Gasteiger partial charge in [-0.2, -0.15) is 8.78 Å². The smallest absolute Gasteiger partial charge is 0.387 e. The molecule has 0 atom stereocenters. The monoisotopic (exact) mass is 437 g/mol. The number of nitrogens with one attached hydrogen (secondary N) is 1. The molecule has 9 heteroatoms. The minimum absolute atomic E-state index is 0.0126. The molecular formula is C22H25F2NO6. The van der Waals surface area contributed by atoms with Gasteiger partial charge in [-0.25, -0.2) is 4.79 Å². The van der Waals surface area contributed by atoms with Gasteiger partial charge in [-0.05, 0) is 41.3 Å². The molecule has 0 unspecified atom stereocenters. The fourth-order valence-corrected chi connectivity index (χ4v) is 2.66. The van der Waals surface area contributed by atoms with Crippen molar-refractivity contribution < 1.29 is 37.3 Å². The number of esters is 1. The zero-order valence-electron chi connectivity index (χ0n) is 18.0. The first kappa shape index (κ1) is 23.9. The fourth-order valence-electron chi connectivity index (χ4n) is 2.66. The van der Waals surface area contributed by atoms with Crippen molar-refractivity contribution in [3.05, 3.63) is 47.5 Å². The Morgan fingerprint density at radius 1 is 0.968 bits per heavy atom. The first-order chi connectivity index (χ1) is 14.5. The van der Waals surface area contributed by atoms with Crippen LogP contribution in [0.4, 0.5) is 14.5 Å². The van der Waals surface area contributed by atoms with Gasteiger partial charge in [0.1, 0.15) is 5.75 Å². The van der Waals surface area contributed by atoms with Gasteiger partial charge in [0.2, 0.25) is 0 Å². The summed E-state index contributed by atoms with van der Waals surface area (Å²) in [5.74, 6) is -1.22. The van der Waals surface area contributed by atoms with Crippen LogP contribution >= 0.6 is 0 Å². The van der Waals surface area contributed by atoms with Crippen LogP contribution in [0.15, 0.2) is 36.4 Å². The Labute approximate surface area is 179 Å². The van der Waals surface area contributed by atoms with Gasteiger partial charge in [-0.15, -0.1) is 0 Å². The first-order valence-corrected chi connectivity index (χ1v) is 9.33. The zero-order chi connectivity index (χ0) is 23.2. The fraction of sp³-hybridized carbons (Fsp3) is 0.364. The Hall–Kier alpha value is -3.36. The highest BCUT2D eigenvalue weighted by molar-refractivity contribution is 5.96. The molecule has 0 fully saturated rings. The average molecular weight is 437 g/mol. The summed E-state index contributed by atoms with van der Waals surface area (Å²) in [6, 6.07) is 9.03. The summed E-state index contributed by atoms with van der Waals surface area (Å²) in [5.41, 5.74) is 1.31. The molecule has 0 aliphatic heterocycles. The molecule has 0 radical (unpaired) electrons. The maximum Gasteiger partial charge on any atom is 0.387 e. The van der Waals surface area contributed by atoms with Crippen LogP contribution in [0.1, 0.15) is 36.7 Å². The number of alkyl halides is 2. The van der Waals surface area contributed by atoms with E-state index in [2.05, 4.69) is 10.1 Å². The van der Waals surface area contributed by atoms with Gasteiger partial charge in [0.25, 0.3) is 5.91 Å². The molecule has 0 saturated carbocycles. The van der Waals surface area contributed by atoms with Gasteiger partial charge >= 0.3 is 12.6 Å². The molecule has 168 valence electrons. The van der Waals surface area contributed by atoms with Crippen molar-refractivity contribution in [1.29, 1.82) is 0 Å². The van der Waals surface area contributed by atoms with Gasteiger partial charge in [0, 0.05) is 0 Å². The summed E-state index contributed by atoms with van der Waals surface area (Å²) in [4.78, 5) is 24.5. The molecule has 0 saturated heterocycles. The first-order valence-electron chi connectivity index (χ1n) is 9.33. The Kier molecular flexibility index (Phi) is 7.79. The minimum atomic E-state index is -3.04. The predicted molar refractivity (Wildman–Crippen MR) is 110 cm³/mol. The number of methoxy groups -OCH3 is 2. The number of carbonyl (C=O) groups is 2. The van der Waals surface area contributed by atoms with Crippen molar-refractivity contribution >= 4 is 17.6 Å². The topological polar surface area (TPSA) is 83.1 Å². The van der Waals surface area contributed by atoms with Crippen molar-refractivity contribution in [2.24, 2.45) is 0 Å². The van der Waals surface area contributed by atoms with E-state index < -0.39 is 25.1 Å². The van der Waals surface area contributed by atoms with Gasteiger partial charge in [-0.3, -0.25) is 4.79 Å². The van der Waals surface area contributed by atoms with E-state index in [1.165, 1.54) is 26.4 Å². The number of benzene rings is 2. The molecular weight excluding hydrogens is 412 g/mol. The average Bonchev–Trinajstić information content (AvgIpc) is 2.71. The molecule has 2 aromatic carbocycles. The van der Waals surface area contributed by atoms with Crippen LogP contribution in [0, 0.1) is 0 Å². The summed E-state index contributed by atoms with van der Waals surface area (Å²) < 4.78 is 44.4. The Bertz CT molecular complexity index is 940. The maximum absolute atomic E-state index is 12.4. The van der Waals surface area contributed by atoms with Crippen molar-refractivity contribution in [3.8, 4) is 17.2 Å². The number of hydrogen-bond donors (Lipinski definition) is 1. The molecule has 0 bridgehead atoms. The summed E-state index contributed by atoms with van der Waals surface area (Å²) in [6.07, 6.45) is 0. The van der Waals surface area contributed by atoms with Crippen molar-refractivity contribution in [2.75, 3.05) is 26.1 Å². The van der Waals surface area contributed by atoms with Gasteiger partial charge in [-0.1, -0.05) is 26.8 Å². The minimum Gasteiger partial charge on any atom is -0.495 e. The molecule has 0 spiro atoms. The number of amides is 1. The lowest BCUT2D eigenvalue weighted by Gasteiger charge is -2.21. The molecule has 2 rings (SSSR count). The number of anilines is 1. The van der Waals surface area contributed by atoms with E-state index in [1.807, 2.05) is 26.8 Å². The van der Waals surface area contributed by atoms with E-state index >= 15 is 0 Å². The lowest BCUT2D eigenvalue weighted by Crippen LogP contribution is -2.22. The highest BCUT2D eigenvalue weighted by atomic mass is 19.3. The second-order valence-corrected chi connectivity index (χ2v) is 7.53. The molecule has 0 aliphatic rings. The number of ether oxygens (including phenoxy) is 4. The van der Waals surface area contributed by atoms with Crippen LogP contribution in [-0.4, -0.2) is 39.3 Å². The normalized spacial score (nSPS) is 11.1. The van der Waals surface area contributed by atoms with Crippen LogP contribution in [0.5, 0.6) is 17.2 Å². The number of hydrogen-bond acceptors (Lipinski definition) is 6. The van der Waals surface area contributed by atoms with Crippen LogP contribution in [0.3, 0.4) is 0 Å². The predicted octanol–water partition coefficient (Wildman–Crippen LogP) is 4.40. The molecule has 2 aromatic rings. The van der Waals surface area contributed by atoms with Crippen LogP contribution in [-0.2, 0) is 14.9 Å².